The zero-order valence-electron chi connectivity index (χ0n) is 10.3. The van der Waals surface area contributed by atoms with Crippen LogP contribution in [0.3, 0.4) is 0 Å². The van der Waals surface area contributed by atoms with Gasteiger partial charge in [0.2, 0.25) is 10.0 Å². The molecule has 0 aromatic heterocycles. The van der Waals surface area contributed by atoms with E-state index < -0.39 is 16.0 Å². The third kappa shape index (κ3) is 10.2. The van der Waals surface area contributed by atoms with Crippen molar-refractivity contribution in [3.8, 4) is 0 Å². The molecule has 0 saturated heterocycles. The summed E-state index contributed by atoms with van der Waals surface area (Å²) in [6, 6.07) is 0. The van der Waals surface area contributed by atoms with E-state index in [9.17, 15) is 13.2 Å². The van der Waals surface area contributed by atoms with Gasteiger partial charge in [0.15, 0.2) is 0 Å². The van der Waals surface area contributed by atoms with Crippen molar-refractivity contribution >= 4 is 16.0 Å². The molecule has 1 unspecified atom stereocenters. The molecule has 0 amide bonds. The van der Waals surface area contributed by atoms with Gasteiger partial charge in [-0.25, -0.2) is 13.1 Å². The van der Waals surface area contributed by atoms with Crippen LogP contribution in [0.5, 0.6) is 0 Å². The summed E-state index contributed by atoms with van der Waals surface area (Å²) in [5.74, 6) is -0.999. The molecule has 1 atom stereocenters. The summed E-state index contributed by atoms with van der Waals surface area (Å²) < 4.78 is 30.6. The number of aliphatic carboxylic acids is 1. The fourth-order valence-corrected chi connectivity index (χ4v) is 2.69. The number of rotatable bonds is 10. The molecular weight excluding hydrogens is 246 g/mol. The highest BCUT2D eigenvalue weighted by molar-refractivity contribution is 7.89. The maximum Gasteiger partial charge on any atom is 0.303 e. The molecule has 2 N–H and O–H groups in total. The molecule has 0 aromatic carbocycles. The van der Waals surface area contributed by atoms with Gasteiger partial charge in [0, 0.05) is 19.6 Å². The van der Waals surface area contributed by atoms with Gasteiger partial charge in [-0.05, 0) is 19.3 Å². The number of carboxylic acid groups (broad SMARTS) is 1. The number of sulfonamides is 1. The molecule has 0 aliphatic carbocycles. The van der Waals surface area contributed by atoms with Gasteiger partial charge in [0.1, 0.15) is 0 Å². The number of nitrogens with one attached hydrogen (secondary N) is 1. The van der Waals surface area contributed by atoms with Crippen LogP contribution >= 0.6 is 0 Å². The van der Waals surface area contributed by atoms with Gasteiger partial charge < -0.3 is 9.84 Å². The third-order valence-electron chi connectivity index (χ3n) is 2.00. The van der Waals surface area contributed by atoms with E-state index in [1.807, 2.05) is 6.92 Å². The third-order valence-corrected chi connectivity index (χ3v) is 3.65. The van der Waals surface area contributed by atoms with E-state index in [4.69, 9.17) is 9.84 Å². The average molecular weight is 267 g/mol. The Kier molecular flexibility index (Phi) is 8.11. The normalized spacial score (nSPS) is 13.5. The van der Waals surface area contributed by atoms with Crippen LogP contribution in [0.2, 0.25) is 0 Å². The average Bonchev–Trinajstić information content (AvgIpc) is 2.20. The molecule has 17 heavy (non-hydrogen) atoms. The fourth-order valence-electron chi connectivity index (χ4n) is 1.27. The van der Waals surface area contributed by atoms with E-state index in [-0.39, 0.29) is 24.6 Å². The number of hydrogen-bond acceptors (Lipinski definition) is 4. The highest BCUT2D eigenvalue weighted by Crippen LogP contribution is 2.01. The van der Waals surface area contributed by atoms with Gasteiger partial charge in [-0.15, -0.1) is 0 Å². The summed E-state index contributed by atoms with van der Waals surface area (Å²) in [7, 11) is -3.33. The van der Waals surface area contributed by atoms with Crippen molar-refractivity contribution in [1.82, 2.24) is 4.72 Å². The summed E-state index contributed by atoms with van der Waals surface area (Å²) in [6.07, 6.45) is 0.269. The molecule has 7 heteroatoms. The Labute approximate surface area is 102 Å². The van der Waals surface area contributed by atoms with Crippen LogP contribution in [0.4, 0.5) is 0 Å². The summed E-state index contributed by atoms with van der Waals surface area (Å²) in [6.45, 7) is 4.79. The van der Waals surface area contributed by atoms with Crippen molar-refractivity contribution in [2.24, 2.45) is 5.92 Å². The lowest BCUT2D eigenvalue weighted by Gasteiger charge is -2.12. The minimum absolute atomic E-state index is 0.0000709. The van der Waals surface area contributed by atoms with E-state index in [1.54, 1.807) is 6.92 Å². The number of carbonyl (C=O) groups is 1. The van der Waals surface area contributed by atoms with Crippen molar-refractivity contribution < 1.29 is 23.1 Å². The Morgan fingerprint density at radius 2 is 2.12 bits per heavy atom. The van der Waals surface area contributed by atoms with Gasteiger partial charge in [0.05, 0.1) is 12.4 Å². The Balaban J connectivity index is 3.83. The smallest absolute Gasteiger partial charge is 0.303 e. The summed E-state index contributed by atoms with van der Waals surface area (Å²) in [5.41, 5.74) is 0. The van der Waals surface area contributed by atoms with E-state index in [1.165, 1.54) is 0 Å². The SMILES string of the molecule is CCOCC(C)CS(=O)(=O)NCCCC(=O)O. The van der Waals surface area contributed by atoms with Crippen LogP contribution < -0.4 is 4.72 Å². The summed E-state index contributed by atoms with van der Waals surface area (Å²) in [4.78, 5) is 10.2. The predicted molar refractivity (Wildman–Crippen MR) is 64.3 cm³/mol. The Morgan fingerprint density at radius 3 is 2.65 bits per heavy atom. The van der Waals surface area contributed by atoms with Crippen molar-refractivity contribution in [2.45, 2.75) is 26.7 Å². The zero-order chi connectivity index (χ0) is 13.3. The topological polar surface area (TPSA) is 92.7 Å². The zero-order valence-corrected chi connectivity index (χ0v) is 11.1. The first-order chi connectivity index (χ1) is 7.87. The standard InChI is InChI=1S/C10H21NO5S/c1-3-16-7-9(2)8-17(14,15)11-6-4-5-10(12)13/h9,11H,3-8H2,1-2H3,(H,12,13). The van der Waals surface area contributed by atoms with Crippen LogP contribution in [0.25, 0.3) is 0 Å². The Hall–Kier alpha value is -0.660. The first-order valence-corrected chi connectivity index (χ1v) is 7.29. The predicted octanol–water partition coefficient (Wildman–Crippen LogP) is 0.443. The van der Waals surface area contributed by atoms with Crippen LogP contribution in [-0.2, 0) is 19.6 Å². The highest BCUT2D eigenvalue weighted by Gasteiger charge is 2.15. The van der Waals surface area contributed by atoms with Gasteiger partial charge in [-0.3, -0.25) is 4.79 Å². The van der Waals surface area contributed by atoms with Crippen molar-refractivity contribution in [1.29, 1.82) is 0 Å². The van der Waals surface area contributed by atoms with E-state index in [0.29, 0.717) is 19.6 Å². The molecule has 0 aliphatic heterocycles. The maximum absolute atomic E-state index is 11.5. The second kappa shape index (κ2) is 8.43. The molecule has 0 heterocycles. The van der Waals surface area contributed by atoms with Crippen LogP contribution in [0.1, 0.15) is 26.7 Å². The number of carboxylic acids is 1. The number of hydrogen-bond donors (Lipinski definition) is 2. The number of ether oxygens (including phenoxy) is 1. The molecule has 0 aromatic rings. The van der Waals surface area contributed by atoms with Crippen LogP contribution in [0, 0.1) is 5.92 Å². The first-order valence-electron chi connectivity index (χ1n) is 5.64. The molecule has 0 aliphatic rings. The van der Waals surface area contributed by atoms with E-state index in [0.717, 1.165) is 0 Å². The minimum atomic E-state index is -3.33. The lowest BCUT2D eigenvalue weighted by molar-refractivity contribution is -0.137. The van der Waals surface area contributed by atoms with Crippen molar-refractivity contribution in [3.05, 3.63) is 0 Å². The Morgan fingerprint density at radius 1 is 1.47 bits per heavy atom. The Bertz CT molecular complexity index is 315. The summed E-state index contributed by atoms with van der Waals surface area (Å²) in [5, 5.41) is 8.39. The monoisotopic (exact) mass is 267 g/mol. The van der Waals surface area contributed by atoms with Crippen molar-refractivity contribution in [3.63, 3.8) is 0 Å². The highest BCUT2D eigenvalue weighted by atomic mass is 32.2. The molecule has 0 saturated carbocycles. The lowest BCUT2D eigenvalue weighted by atomic mass is 10.2. The first kappa shape index (κ1) is 16.3. The van der Waals surface area contributed by atoms with E-state index >= 15 is 0 Å². The van der Waals surface area contributed by atoms with Crippen LogP contribution in [-0.4, -0.2) is 45.0 Å². The molecular formula is C10H21NO5S. The molecule has 6 nitrogen and oxygen atoms in total. The largest absolute Gasteiger partial charge is 0.481 e. The summed E-state index contributed by atoms with van der Waals surface area (Å²) >= 11 is 0. The quantitative estimate of drug-likeness (QED) is 0.560. The molecule has 0 fully saturated rings. The lowest BCUT2D eigenvalue weighted by Crippen LogP contribution is -2.31. The fraction of sp³-hybridized carbons (Fsp3) is 0.900. The molecule has 0 bridgehead atoms. The molecule has 0 rings (SSSR count). The molecule has 0 radical (unpaired) electrons. The van der Waals surface area contributed by atoms with E-state index in [2.05, 4.69) is 4.72 Å². The van der Waals surface area contributed by atoms with Gasteiger partial charge in [-0.1, -0.05) is 6.92 Å². The van der Waals surface area contributed by atoms with Crippen LogP contribution in [0.15, 0.2) is 0 Å². The second-order valence-electron chi connectivity index (χ2n) is 3.94. The van der Waals surface area contributed by atoms with Gasteiger partial charge >= 0.3 is 5.97 Å². The molecule has 0 spiro atoms. The second-order valence-corrected chi connectivity index (χ2v) is 5.79. The van der Waals surface area contributed by atoms with Gasteiger partial charge in [-0.2, -0.15) is 0 Å². The van der Waals surface area contributed by atoms with Crippen molar-refractivity contribution in [2.75, 3.05) is 25.5 Å². The van der Waals surface area contributed by atoms with Gasteiger partial charge in [0.25, 0.3) is 0 Å². The minimum Gasteiger partial charge on any atom is -0.481 e. The molecule has 102 valence electrons. The maximum atomic E-state index is 11.5.